The summed E-state index contributed by atoms with van der Waals surface area (Å²) in [4.78, 5) is 2.40. The van der Waals surface area contributed by atoms with Crippen LogP contribution in [0.1, 0.15) is 79.0 Å². The normalized spacial score (nSPS) is 12.9. The molecular weight excluding hydrogens is 846 g/mol. The molecule has 4 nitrogen and oxygen atoms in total. The van der Waals surface area contributed by atoms with Gasteiger partial charge in [0, 0.05) is 60.2 Å². The summed E-state index contributed by atoms with van der Waals surface area (Å²) in [5.74, 6) is 0. The smallest absolute Gasteiger partial charge is 0.211 e. The highest BCUT2D eigenvalue weighted by molar-refractivity contribution is 7.29. The summed E-state index contributed by atoms with van der Waals surface area (Å²) in [6.45, 7) is 20.6. The number of aromatic nitrogens is 1. The highest BCUT2D eigenvalue weighted by Crippen LogP contribution is 2.49. The molecule has 0 amide bonds. The minimum Gasteiger partial charge on any atom is -0.455 e. The molecule has 8 aromatic carbocycles. The molecule has 6 heteroatoms. The summed E-state index contributed by atoms with van der Waals surface area (Å²) in [6.07, 6.45) is 0. The average Bonchev–Trinajstić information content (AvgIpc) is 3.99. The second-order valence-electron chi connectivity index (χ2n) is 21.7. The van der Waals surface area contributed by atoms with Crippen molar-refractivity contribution in [1.29, 1.82) is 0 Å². The first kappa shape index (κ1) is 42.3. The van der Waals surface area contributed by atoms with E-state index in [9.17, 15) is 0 Å². The maximum Gasteiger partial charge on any atom is 0.211 e. The summed E-state index contributed by atoms with van der Waals surface area (Å²) in [7, 11) is 2.48. The summed E-state index contributed by atoms with van der Waals surface area (Å²) in [5.41, 5.74) is 18.1. The lowest BCUT2D eigenvalue weighted by Gasteiger charge is -2.29. The number of anilines is 5. The number of furan rings is 1. The number of hydrogen-bond donors (Lipinski definition) is 1. The SMILES string of the molecule is CC(C)(C)c1ccc(N(c2ccc(C(C)(C)C)cc2)c2ccc(-c3c4c5c(c6ccccc6n5-c5c(sc6ccc(C(C)(C)C)cc56)[B]4)c4oc5ccccc5c34)c(Nc3ccccc3)c2)cc1. The molecule has 1 aliphatic rings. The third kappa shape index (κ3) is 6.78. The summed E-state index contributed by atoms with van der Waals surface area (Å²) < 4.78 is 12.2. The number of thiophene rings is 1. The second kappa shape index (κ2) is 15.2. The van der Waals surface area contributed by atoms with Crippen molar-refractivity contribution in [2.75, 3.05) is 10.2 Å². The number of rotatable bonds is 6. The molecular formula is C62H55BN3OS. The Balaban J connectivity index is 1.17. The van der Waals surface area contributed by atoms with E-state index in [2.05, 4.69) is 248 Å². The molecule has 0 saturated heterocycles. The van der Waals surface area contributed by atoms with Gasteiger partial charge in [-0.2, -0.15) is 0 Å². The molecule has 0 unspecified atom stereocenters. The highest BCUT2D eigenvalue weighted by atomic mass is 32.1. The van der Waals surface area contributed by atoms with Crippen LogP contribution in [-0.2, 0) is 16.2 Å². The molecule has 0 atom stereocenters. The van der Waals surface area contributed by atoms with E-state index >= 15 is 0 Å². The van der Waals surface area contributed by atoms with E-state index < -0.39 is 0 Å². The maximum atomic E-state index is 7.14. The number of nitrogens with one attached hydrogen (secondary N) is 1. The molecule has 12 rings (SSSR count). The first-order valence-electron chi connectivity index (χ1n) is 23.9. The van der Waals surface area contributed by atoms with E-state index in [1.54, 1.807) is 0 Å². The van der Waals surface area contributed by atoms with Crippen LogP contribution in [0.25, 0.3) is 70.6 Å². The van der Waals surface area contributed by atoms with Gasteiger partial charge in [0.15, 0.2) is 0 Å². The lowest BCUT2D eigenvalue weighted by Crippen LogP contribution is -2.35. The Labute approximate surface area is 404 Å². The molecule has 1 aliphatic heterocycles. The van der Waals surface area contributed by atoms with Crippen LogP contribution in [-0.4, -0.2) is 11.8 Å². The summed E-state index contributed by atoms with van der Waals surface area (Å²) in [5, 5.41) is 9.83. The van der Waals surface area contributed by atoms with Crippen LogP contribution < -0.4 is 20.5 Å². The van der Waals surface area contributed by atoms with Gasteiger partial charge in [0.2, 0.25) is 7.28 Å². The number of nitrogens with zero attached hydrogens (tertiary/aromatic N) is 2. The van der Waals surface area contributed by atoms with Gasteiger partial charge in [-0.05, 0) is 122 Å². The first-order chi connectivity index (χ1) is 32.6. The van der Waals surface area contributed by atoms with Gasteiger partial charge in [0.25, 0.3) is 0 Å². The molecule has 0 bridgehead atoms. The van der Waals surface area contributed by atoms with Gasteiger partial charge in [-0.3, -0.25) is 0 Å². The number of benzene rings is 8. The third-order valence-electron chi connectivity index (χ3n) is 14.1. The van der Waals surface area contributed by atoms with E-state index in [1.165, 1.54) is 59.1 Å². The van der Waals surface area contributed by atoms with Gasteiger partial charge >= 0.3 is 0 Å². The third-order valence-corrected chi connectivity index (χ3v) is 15.2. The van der Waals surface area contributed by atoms with Crippen molar-refractivity contribution < 1.29 is 4.42 Å². The van der Waals surface area contributed by atoms with Crippen molar-refractivity contribution in [2.24, 2.45) is 0 Å². The van der Waals surface area contributed by atoms with Crippen molar-refractivity contribution in [3.05, 3.63) is 180 Å². The van der Waals surface area contributed by atoms with Crippen molar-refractivity contribution >= 4 is 111 Å². The fourth-order valence-electron chi connectivity index (χ4n) is 10.5. The Kier molecular flexibility index (Phi) is 9.50. The predicted molar refractivity (Wildman–Crippen MR) is 294 cm³/mol. The largest absolute Gasteiger partial charge is 0.455 e. The molecule has 0 spiro atoms. The van der Waals surface area contributed by atoms with E-state index in [1.807, 2.05) is 11.3 Å². The Morgan fingerprint density at radius 3 is 1.79 bits per heavy atom. The molecule has 4 heterocycles. The van der Waals surface area contributed by atoms with E-state index in [0.29, 0.717) is 0 Å². The molecule has 0 fully saturated rings. The first-order valence-corrected chi connectivity index (χ1v) is 24.7. The number of fused-ring (bicyclic) bond motifs is 11. The van der Waals surface area contributed by atoms with E-state index in [-0.39, 0.29) is 16.2 Å². The Morgan fingerprint density at radius 2 is 1.13 bits per heavy atom. The van der Waals surface area contributed by atoms with Gasteiger partial charge in [0.1, 0.15) is 11.2 Å². The van der Waals surface area contributed by atoms with Crippen molar-refractivity contribution in [3.8, 4) is 16.8 Å². The van der Waals surface area contributed by atoms with Crippen LogP contribution in [0.5, 0.6) is 0 Å². The van der Waals surface area contributed by atoms with E-state index in [0.717, 1.165) is 66.9 Å². The number of hydrogen-bond acceptors (Lipinski definition) is 4. The van der Waals surface area contributed by atoms with Gasteiger partial charge in [-0.1, -0.05) is 153 Å². The molecule has 11 aromatic rings. The molecule has 3 aromatic heterocycles. The molecule has 1 N–H and O–H groups in total. The monoisotopic (exact) mass is 900 g/mol. The summed E-state index contributed by atoms with van der Waals surface area (Å²) in [6, 6.07) is 60.4. The molecule has 0 saturated carbocycles. The predicted octanol–water partition coefficient (Wildman–Crippen LogP) is 16.6. The van der Waals surface area contributed by atoms with Gasteiger partial charge in [0.05, 0.1) is 22.1 Å². The zero-order valence-corrected chi connectivity index (χ0v) is 41.2. The van der Waals surface area contributed by atoms with Crippen molar-refractivity contribution in [1.82, 2.24) is 4.57 Å². The van der Waals surface area contributed by atoms with Crippen molar-refractivity contribution in [2.45, 2.75) is 78.6 Å². The second-order valence-corrected chi connectivity index (χ2v) is 22.8. The zero-order valence-electron chi connectivity index (χ0n) is 40.4. The number of para-hydroxylation sites is 3. The van der Waals surface area contributed by atoms with Gasteiger partial charge in [-0.25, -0.2) is 0 Å². The summed E-state index contributed by atoms with van der Waals surface area (Å²) >= 11 is 1.88. The fraction of sp³-hybridized carbons (Fsp3) is 0.194. The lowest BCUT2D eigenvalue weighted by atomic mass is 9.62. The Hall–Kier alpha value is -7.02. The minimum atomic E-state index is 0.0106. The highest BCUT2D eigenvalue weighted by Gasteiger charge is 2.34. The quantitative estimate of drug-likeness (QED) is 0.169. The van der Waals surface area contributed by atoms with Crippen LogP contribution >= 0.6 is 11.3 Å². The fourth-order valence-corrected chi connectivity index (χ4v) is 11.6. The minimum absolute atomic E-state index is 0.0106. The van der Waals surface area contributed by atoms with Crippen LogP contribution in [0.4, 0.5) is 28.4 Å². The standard InChI is InChI=1S/C62H55BN3OS/c1-60(2,3)37-23-28-41(29-24-37)65(42-30-25-38(26-31-42)61(4,5)6)43-32-33-44(48(36-43)64-40-17-11-10-12-18-40)52-53-46-20-14-16-22-50(46)67-58(53)54-45-19-13-15-21-49(45)66-56-47-35-39(62(7,8)9)27-34-51(47)68-59(56)63-55(52)57(54)66/h10-36,64H,1-9H3. The molecule has 0 aliphatic carbocycles. The van der Waals surface area contributed by atoms with Gasteiger partial charge in [-0.15, -0.1) is 11.3 Å². The maximum absolute atomic E-state index is 7.14. The molecule has 68 heavy (non-hydrogen) atoms. The van der Waals surface area contributed by atoms with Crippen LogP contribution in [0.3, 0.4) is 0 Å². The topological polar surface area (TPSA) is 33.3 Å². The zero-order chi connectivity index (χ0) is 46.9. The van der Waals surface area contributed by atoms with E-state index in [4.69, 9.17) is 4.42 Å². The Bertz CT molecular complexity index is 3720. The van der Waals surface area contributed by atoms with Crippen molar-refractivity contribution in [3.63, 3.8) is 0 Å². The lowest BCUT2D eigenvalue weighted by molar-refractivity contribution is 0.590. The molecule has 333 valence electrons. The van der Waals surface area contributed by atoms with Crippen LogP contribution in [0, 0.1) is 0 Å². The van der Waals surface area contributed by atoms with Gasteiger partial charge < -0.3 is 19.2 Å². The van der Waals surface area contributed by atoms with Crippen LogP contribution in [0.15, 0.2) is 168 Å². The van der Waals surface area contributed by atoms with Crippen LogP contribution in [0.2, 0.25) is 0 Å². The average molecular weight is 901 g/mol. The Morgan fingerprint density at radius 1 is 0.544 bits per heavy atom. The molecule has 1 radical (unpaired) electrons.